The van der Waals surface area contributed by atoms with Gasteiger partial charge in [-0.3, -0.25) is 0 Å². The van der Waals surface area contributed by atoms with Crippen LogP contribution < -0.4 is 0 Å². The van der Waals surface area contributed by atoms with Crippen LogP contribution in [0.15, 0.2) is 52.2 Å². The Bertz CT molecular complexity index is 763. The first kappa shape index (κ1) is 18.2. The molecule has 1 aliphatic rings. The molecule has 0 spiro atoms. The maximum atomic E-state index is 11.1. The molecule has 0 saturated heterocycles. The summed E-state index contributed by atoms with van der Waals surface area (Å²) in [7, 11) is -4.79. The number of allylic oxidation sites excluding steroid dienone is 2. The van der Waals surface area contributed by atoms with Gasteiger partial charge >= 0.3 is 7.75 Å². The van der Waals surface area contributed by atoms with Gasteiger partial charge < -0.3 is 30.2 Å². The number of phenolic OH excluding ortho intramolecular Hbond substituents is 1. The molecule has 0 radical (unpaired) electrons. The van der Waals surface area contributed by atoms with Crippen LogP contribution in [-0.4, -0.2) is 42.0 Å². The Morgan fingerprint density at radius 1 is 1.21 bits per heavy atom. The highest BCUT2D eigenvalue weighted by Gasteiger charge is 2.28. The summed E-state index contributed by atoms with van der Waals surface area (Å²) in [5.41, 5.74) is 0.359. The summed E-state index contributed by atoms with van der Waals surface area (Å²) >= 11 is 0. The molecule has 0 saturated carbocycles. The van der Waals surface area contributed by atoms with E-state index in [0.29, 0.717) is 6.42 Å². The molecule has 1 unspecified atom stereocenters. The lowest BCUT2D eigenvalue weighted by molar-refractivity contribution is 0.199. The number of aliphatic hydroxyl groups excluding tert-OH is 3. The fraction of sp³-hybridized carbons (Fsp3) is 0.267. The first-order valence-electron chi connectivity index (χ1n) is 7.09. The van der Waals surface area contributed by atoms with Crippen molar-refractivity contribution in [2.75, 3.05) is 0 Å². The van der Waals surface area contributed by atoms with Crippen molar-refractivity contribution >= 4 is 13.5 Å². The third-order valence-corrected chi connectivity index (χ3v) is 3.94. The number of phenols is 1. The quantitative estimate of drug-likeness (QED) is 0.441. The van der Waals surface area contributed by atoms with Crippen LogP contribution >= 0.6 is 7.75 Å². The van der Waals surface area contributed by atoms with Crippen LogP contribution in [0, 0.1) is 0 Å². The van der Waals surface area contributed by atoms with Crippen LogP contribution in [0.25, 0.3) is 0 Å². The maximum Gasteiger partial charge on any atom is 0.448 e. The molecule has 0 aliphatic heterocycles. The zero-order valence-corrected chi connectivity index (χ0v) is 13.5. The minimum Gasteiger partial charge on any atom is -0.512 e. The summed E-state index contributed by atoms with van der Waals surface area (Å²) in [5, 5.41) is 39.2. The number of benzene rings is 1. The lowest BCUT2D eigenvalue weighted by Crippen LogP contribution is -2.24. The monoisotopic (exact) mass is 355 g/mol. The molecule has 130 valence electrons. The maximum absolute atomic E-state index is 11.1. The highest BCUT2D eigenvalue weighted by Crippen LogP contribution is 2.39. The van der Waals surface area contributed by atoms with Gasteiger partial charge in [0.05, 0.1) is 11.8 Å². The van der Waals surface area contributed by atoms with Crippen molar-refractivity contribution in [3.8, 4) is 5.75 Å². The molecule has 1 aromatic rings. The minimum atomic E-state index is -4.79. The summed E-state index contributed by atoms with van der Waals surface area (Å²) in [6.45, 7) is 0. The third kappa shape index (κ3) is 4.94. The van der Waals surface area contributed by atoms with E-state index in [1.807, 2.05) is 0 Å². The SMILES string of the molecule is O=P(O)(O)N=C1CC(O)=CC(O)=C1C(O)CCc1cccc(O)c1. The molecule has 6 N–H and O–H groups in total. The van der Waals surface area contributed by atoms with Crippen LogP contribution in [0.1, 0.15) is 18.4 Å². The van der Waals surface area contributed by atoms with E-state index in [1.165, 1.54) is 12.1 Å². The molecule has 24 heavy (non-hydrogen) atoms. The van der Waals surface area contributed by atoms with E-state index in [4.69, 9.17) is 9.79 Å². The van der Waals surface area contributed by atoms with Gasteiger partial charge in [0.25, 0.3) is 0 Å². The number of aliphatic hydroxyl groups is 3. The second-order valence-electron chi connectivity index (χ2n) is 5.40. The molecule has 1 atom stereocenters. The second-order valence-corrected chi connectivity index (χ2v) is 6.62. The van der Waals surface area contributed by atoms with Gasteiger partial charge in [0.15, 0.2) is 0 Å². The van der Waals surface area contributed by atoms with Gasteiger partial charge in [0, 0.05) is 18.1 Å². The van der Waals surface area contributed by atoms with Gasteiger partial charge in [-0.2, -0.15) is 4.76 Å². The van der Waals surface area contributed by atoms with E-state index >= 15 is 0 Å². The van der Waals surface area contributed by atoms with Gasteiger partial charge in [-0.1, -0.05) is 12.1 Å². The van der Waals surface area contributed by atoms with Crippen molar-refractivity contribution in [3.63, 3.8) is 0 Å². The molecule has 1 aromatic carbocycles. The zero-order chi connectivity index (χ0) is 17.9. The summed E-state index contributed by atoms with van der Waals surface area (Å²) in [5.74, 6) is -0.726. The molecular weight excluding hydrogens is 337 g/mol. The standard InChI is InChI=1S/C15H18NO7P/c17-10-3-1-2-9(6-10)4-5-13(19)15-12(16-24(21,22)23)7-11(18)8-14(15)20/h1-3,6,8,13,17-20H,4-5,7H2,(H2,21,22,23). The van der Waals surface area contributed by atoms with Crippen LogP contribution in [0.3, 0.4) is 0 Å². The predicted octanol–water partition coefficient (Wildman–Crippen LogP) is 1.88. The predicted molar refractivity (Wildman–Crippen MR) is 86.9 cm³/mol. The fourth-order valence-electron chi connectivity index (χ4n) is 2.47. The number of hydrogen-bond donors (Lipinski definition) is 6. The van der Waals surface area contributed by atoms with Gasteiger partial charge in [-0.25, -0.2) is 4.57 Å². The molecule has 0 heterocycles. The minimum absolute atomic E-state index is 0.0818. The molecule has 9 heteroatoms. The number of rotatable bonds is 5. The van der Waals surface area contributed by atoms with Crippen molar-refractivity contribution in [1.29, 1.82) is 0 Å². The Balaban J connectivity index is 2.23. The van der Waals surface area contributed by atoms with Crippen LogP contribution in [0.5, 0.6) is 5.75 Å². The number of nitrogens with zero attached hydrogens (tertiary/aromatic N) is 1. The smallest absolute Gasteiger partial charge is 0.448 e. The Hall–Kier alpha value is -2.12. The van der Waals surface area contributed by atoms with E-state index < -0.39 is 19.6 Å². The molecule has 0 fully saturated rings. The summed E-state index contributed by atoms with van der Waals surface area (Å²) in [4.78, 5) is 18.0. The van der Waals surface area contributed by atoms with Crippen molar-refractivity contribution in [2.45, 2.75) is 25.4 Å². The molecule has 0 bridgehead atoms. The van der Waals surface area contributed by atoms with E-state index in [9.17, 15) is 25.0 Å². The van der Waals surface area contributed by atoms with Crippen molar-refractivity contribution in [3.05, 3.63) is 53.0 Å². The first-order valence-corrected chi connectivity index (χ1v) is 8.66. The average Bonchev–Trinajstić information content (AvgIpc) is 2.42. The third-order valence-electron chi connectivity index (χ3n) is 3.44. The average molecular weight is 355 g/mol. The lowest BCUT2D eigenvalue weighted by Gasteiger charge is -2.21. The van der Waals surface area contributed by atoms with Gasteiger partial charge in [-0.05, 0) is 30.5 Å². The number of aromatic hydroxyl groups is 1. The Morgan fingerprint density at radius 3 is 2.54 bits per heavy atom. The van der Waals surface area contributed by atoms with Crippen molar-refractivity contribution in [1.82, 2.24) is 0 Å². The Morgan fingerprint density at radius 2 is 1.92 bits per heavy atom. The highest BCUT2D eigenvalue weighted by atomic mass is 31.2. The van der Waals surface area contributed by atoms with Crippen molar-refractivity contribution < 1.29 is 34.8 Å². The number of hydrogen-bond acceptors (Lipinski definition) is 5. The second kappa shape index (κ2) is 7.19. The molecule has 8 nitrogen and oxygen atoms in total. The largest absolute Gasteiger partial charge is 0.512 e. The fourth-order valence-corrected chi connectivity index (χ4v) is 2.96. The van der Waals surface area contributed by atoms with E-state index in [0.717, 1.165) is 11.6 Å². The lowest BCUT2D eigenvalue weighted by atomic mass is 9.92. The molecule has 1 aliphatic carbocycles. The normalized spacial score (nSPS) is 18.6. The summed E-state index contributed by atoms with van der Waals surface area (Å²) in [6.07, 6.45) is -0.0655. The molecule has 2 rings (SSSR count). The topological polar surface area (TPSA) is 151 Å². The number of aryl methyl sites for hydroxylation is 1. The Kier molecular flexibility index (Phi) is 5.46. The molecule has 0 amide bonds. The summed E-state index contributed by atoms with van der Waals surface area (Å²) < 4.78 is 14.3. The van der Waals surface area contributed by atoms with Gasteiger partial charge in [0.2, 0.25) is 0 Å². The van der Waals surface area contributed by atoms with E-state index in [-0.39, 0.29) is 35.6 Å². The van der Waals surface area contributed by atoms with Gasteiger partial charge in [0.1, 0.15) is 17.3 Å². The van der Waals surface area contributed by atoms with Gasteiger partial charge in [-0.15, -0.1) is 0 Å². The molecule has 0 aromatic heterocycles. The van der Waals surface area contributed by atoms with Crippen LogP contribution in [-0.2, 0) is 11.0 Å². The van der Waals surface area contributed by atoms with E-state index in [2.05, 4.69) is 4.76 Å². The van der Waals surface area contributed by atoms with Crippen LogP contribution in [0.4, 0.5) is 0 Å². The van der Waals surface area contributed by atoms with E-state index in [1.54, 1.807) is 12.1 Å². The van der Waals surface area contributed by atoms with Crippen molar-refractivity contribution in [2.24, 2.45) is 4.76 Å². The van der Waals surface area contributed by atoms with Crippen LogP contribution in [0.2, 0.25) is 0 Å². The zero-order valence-electron chi connectivity index (χ0n) is 12.6. The highest BCUT2D eigenvalue weighted by molar-refractivity contribution is 7.50. The first-order chi connectivity index (χ1) is 11.2. The molecular formula is C15H18NO7P. The summed E-state index contributed by atoms with van der Waals surface area (Å²) in [6, 6.07) is 6.43. The Labute approximate surface area is 138 Å².